The average Bonchev–Trinajstić information content (AvgIpc) is 2.14. The highest BCUT2D eigenvalue weighted by molar-refractivity contribution is 8.15. The number of amides is 1. The van der Waals surface area contributed by atoms with E-state index in [-0.39, 0.29) is 5.57 Å². The van der Waals surface area contributed by atoms with E-state index < -0.39 is 39.4 Å². The Hall–Kier alpha value is -1.05. The fourth-order valence-corrected chi connectivity index (χ4v) is 2.63. The fourth-order valence-electron chi connectivity index (χ4n) is 1.43. The Labute approximate surface area is 99.1 Å². The maximum atomic E-state index is 11.3. The lowest BCUT2D eigenvalue weighted by Crippen LogP contribution is -2.68. The number of nitrogens with one attached hydrogen (secondary N) is 1. The van der Waals surface area contributed by atoms with Crippen LogP contribution < -0.4 is 0 Å². The van der Waals surface area contributed by atoms with Gasteiger partial charge in [0.25, 0.3) is 11.3 Å². The molecule has 16 heavy (non-hydrogen) atoms. The van der Waals surface area contributed by atoms with Crippen LogP contribution in [0.15, 0.2) is 12.2 Å². The quantitative estimate of drug-likeness (QED) is 0.427. The van der Waals surface area contributed by atoms with Crippen LogP contribution in [0.4, 0.5) is 0 Å². The zero-order valence-electron chi connectivity index (χ0n) is 8.27. The van der Waals surface area contributed by atoms with Gasteiger partial charge in [-0.25, -0.2) is 4.79 Å². The summed E-state index contributed by atoms with van der Waals surface area (Å²) in [5, 5.41) is 15.0. The molecular formula is C8H9ClN2O4S. The molecule has 0 radical (unpaired) electrons. The summed E-state index contributed by atoms with van der Waals surface area (Å²) in [5.74, 6) is -2.07. The van der Waals surface area contributed by atoms with Gasteiger partial charge in [0.05, 0.1) is 10.4 Å². The van der Waals surface area contributed by atoms with Crippen molar-refractivity contribution < 1.29 is 19.2 Å². The van der Waals surface area contributed by atoms with Gasteiger partial charge in [0, 0.05) is 0 Å². The number of hydrogen-bond acceptors (Lipinski definition) is 4. The second-order valence-electron chi connectivity index (χ2n) is 3.31. The van der Waals surface area contributed by atoms with Crippen molar-refractivity contribution in [3.8, 4) is 0 Å². The van der Waals surface area contributed by atoms with Crippen LogP contribution in [0, 0.1) is 5.41 Å². The number of carboxylic acid groups (broad SMARTS) is 1. The standard InChI is InChI=1S/C8H9ClN2O4S/c1-3(2)5(8(13)14)11-6(12)4(10)7(11)16(9)15/h5,7,10H,1H2,2H3,(H,13,14). The summed E-state index contributed by atoms with van der Waals surface area (Å²) in [6.45, 7) is 4.88. The maximum absolute atomic E-state index is 11.3. The van der Waals surface area contributed by atoms with Gasteiger partial charge in [-0.1, -0.05) is 6.58 Å². The molecule has 0 aromatic heterocycles. The highest BCUT2D eigenvalue weighted by Crippen LogP contribution is 2.29. The number of halogens is 1. The van der Waals surface area contributed by atoms with Gasteiger partial charge in [0.1, 0.15) is 0 Å². The molecule has 8 heteroatoms. The van der Waals surface area contributed by atoms with Gasteiger partial charge in [0.2, 0.25) is 0 Å². The second-order valence-corrected chi connectivity index (χ2v) is 5.17. The van der Waals surface area contributed by atoms with E-state index >= 15 is 0 Å². The van der Waals surface area contributed by atoms with Gasteiger partial charge in [-0.05, 0) is 12.5 Å². The molecule has 0 aromatic carbocycles. The number of nitrogens with zero attached hydrogens (tertiary/aromatic N) is 1. The Morgan fingerprint density at radius 1 is 1.81 bits per heavy atom. The second kappa shape index (κ2) is 4.44. The van der Waals surface area contributed by atoms with Crippen LogP contribution >= 0.6 is 10.7 Å². The molecule has 3 unspecified atom stereocenters. The highest BCUT2D eigenvalue weighted by atomic mass is 35.7. The lowest BCUT2D eigenvalue weighted by atomic mass is 10.0. The molecule has 0 aliphatic carbocycles. The van der Waals surface area contributed by atoms with Gasteiger partial charge in [-0.2, -0.15) is 0 Å². The minimum Gasteiger partial charge on any atom is -0.597 e. The number of hydrogen-bond donors (Lipinski definition) is 2. The molecule has 1 rings (SSSR count). The van der Waals surface area contributed by atoms with E-state index in [0.29, 0.717) is 0 Å². The molecular weight excluding hydrogens is 256 g/mol. The summed E-state index contributed by atoms with van der Waals surface area (Å²) in [5.41, 5.74) is -0.235. The van der Waals surface area contributed by atoms with Crippen molar-refractivity contribution in [2.24, 2.45) is 0 Å². The molecule has 1 heterocycles. The number of likely N-dealkylation sites (tertiary alicyclic amines) is 1. The highest BCUT2D eigenvalue weighted by Gasteiger charge is 2.56. The summed E-state index contributed by atoms with van der Waals surface area (Å²) in [6, 6.07) is -1.30. The van der Waals surface area contributed by atoms with Gasteiger partial charge in [0.15, 0.2) is 22.4 Å². The molecule has 0 spiro atoms. The molecule has 88 valence electrons. The van der Waals surface area contributed by atoms with E-state index in [9.17, 15) is 14.1 Å². The molecule has 1 saturated heterocycles. The third kappa shape index (κ3) is 1.93. The minimum atomic E-state index is -2.01. The topological polar surface area (TPSA) is 105 Å². The van der Waals surface area contributed by atoms with Crippen molar-refractivity contribution in [3.05, 3.63) is 12.2 Å². The van der Waals surface area contributed by atoms with Gasteiger partial charge in [-0.15, -0.1) is 0 Å². The predicted octanol–water partition coefficient (Wildman–Crippen LogP) is 0.106. The van der Waals surface area contributed by atoms with Crippen molar-refractivity contribution in [3.63, 3.8) is 0 Å². The van der Waals surface area contributed by atoms with Crippen LogP contribution in [0.5, 0.6) is 0 Å². The van der Waals surface area contributed by atoms with Crippen LogP contribution in [-0.4, -0.2) is 43.6 Å². The number of β-lactam (4-membered cyclic amide) rings is 1. The van der Waals surface area contributed by atoms with Crippen LogP contribution in [-0.2, 0) is 20.0 Å². The maximum Gasteiger partial charge on any atom is 0.330 e. The number of carbonyl (C=O) groups excluding carboxylic acids is 1. The van der Waals surface area contributed by atoms with E-state index in [4.69, 9.17) is 21.2 Å². The Bertz CT molecular complexity index is 370. The third-order valence-electron chi connectivity index (χ3n) is 2.12. The summed E-state index contributed by atoms with van der Waals surface area (Å²) in [4.78, 5) is 23.1. The van der Waals surface area contributed by atoms with E-state index in [2.05, 4.69) is 6.58 Å². The molecule has 0 aromatic rings. The molecule has 1 amide bonds. The van der Waals surface area contributed by atoms with Gasteiger partial charge in [-0.3, -0.25) is 15.1 Å². The number of carboxylic acids is 1. The van der Waals surface area contributed by atoms with Crippen LogP contribution in [0.2, 0.25) is 0 Å². The summed E-state index contributed by atoms with van der Waals surface area (Å²) in [7, 11) is 3.29. The molecule has 1 aliphatic rings. The lowest BCUT2D eigenvalue weighted by molar-refractivity contribution is -0.148. The van der Waals surface area contributed by atoms with Gasteiger partial charge < -0.3 is 9.66 Å². The van der Waals surface area contributed by atoms with Crippen LogP contribution in [0.1, 0.15) is 6.92 Å². The molecule has 1 aliphatic heterocycles. The van der Waals surface area contributed by atoms with Crippen LogP contribution in [0.3, 0.4) is 0 Å². The van der Waals surface area contributed by atoms with Crippen LogP contribution in [0.25, 0.3) is 0 Å². The molecule has 0 saturated carbocycles. The SMILES string of the molecule is C=C(C)C(C(=O)O)N1C(=O)C(=N)C1[S+]([O-])Cl. The van der Waals surface area contributed by atoms with Crippen molar-refractivity contribution in [2.75, 3.05) is 0 Å². The van der Waals surface area contributed by atoms with Gasteiger partial charge >= 0.3 is 5.97 Å². The summed E-state index contributed by atoms with van der Waals surface area (Å²) < 4.78 is 11.1. The predicted molar refractivity (Wildman–Crippen MR) is 58.6 cm³/mol. The third-order valence-corrected chi connectivity index (χ3v) is 3.44. The first-order valence-corrected chi connectivity index (χ1v) is 6.19. The van der Waals surface area contributed by atoms with E-state index in [1.165, 1.54) is 6.92 Å². The summed E-state index contributed by atoms with van der Waals surface area (Å²) in [6.07, 6.45) is 0. The normalized spacial score (nSPS) is 23.7. The zero-order chi connectivity index (χ0) is 12.6. The fraction of sp³-hybridized carbons (Fsp3) is 0.375. The molecule has 1 fully saturated rings. The first kappa shape index (κ1) is 13.0. The Morgan fingerprint density at radius 3 is 2.62 bits per heavy atom. The van der Waals surface area contributed by atoms with Crippen molar-refractivity contribution >= 4 is 38.7 Å². The largest absolute Gasteiger partial charge is 0.597 e. The average molecular weight is 265 g/mol. The van der Waals surface area contributed by atoms with Crippen molar-refractivity contribution in [1.29, 1.82) is 5.41 Å². The Balaban J connectivity index is 3.02. The number of rotatable bonds is 4. The first-order valence-electron chi connectivity index (χ1n) is 4.15. The number of aliphatic carboxylic acids is 1. The molecule has 6 nitrogen and oxygen atoms in total. The minimum absolute atomic E-state index is 0.209. The van der Waals surface area contributed by atoms with Crippen molar-refractivity contribution in [1.82, 2.24) is 4.90 Å². The molecule has 0 bridgehead atoms. The summed E-state index contributed by atoms with van der Waals surface area (Å²) >= 11 is 0. The monoisotopic (exact) mass is 264 g/mol. The van der Waals surface area contributed by atoms with Crippen molar-refractivity contribution in [2.45, 2.75) is 18.3 Å². The lowest BCUT2D eigenvalue weighted by Gasteiger charge is -2.41. The van der Waals surface area contributed by atoms with E-state index in [1.54, 1.807) is 0 Å². The van der Waals surface area contributed by atoms with E-state index in [1.807, 2.05) is 0 Å². The molecule has 3 atom stereocenters. The first-order chi connectivity index (χ1) is 7.29. The number of carbonyl (C=O) groups is 2. The Kier molecular flexibility index (Phi) is 3.61. The smallest absolute Gasteiger partial charge is 0.330 e. The van der Waals surface area contributed by atoms with E-state index in [0.717, 1.165) is 4.90 Å². The Morgan fingerprint density at radius 2 is 2.31 bits per heavy atom. The molecule has 2 N–H and O–H groups in total. The zero-order valence-corrected chi connectivity index (χ0v) is 9.84.